The molecule has 1 N–H and O–H groups in total. The van der Waals surface area contributed by atoms with Crippen molar-refractivity contribution in [3.8, 4) is 0 Å². The summed E-state index contributed by atoms with van der Waals surface area (Å²) in [5, 5.41) is 4.47. The van der Waals surface area contributed by atoms with Crippen molar-refractivity contribution in [2.75, 3.05) is 26.2 Å². The highest BCUT2D eigenvalue weighted by Crippen LogP contribution is 2.19. The molecular weight excluding hydrogens is 274 g/mol. The summed E-state index contributed by atoms with van der Waals surface area (Å²) in [6, 6.07) is 11.7. The summed E-state index contributed by atoms with van der Waals surface area (Å²) in [6.07, 6.45) is 2.15. The molecule has 1 aliphatic rings. The molecule has 0 atom stereocenters. The topological polar surface area (TPSA) is 45.2 Å². The van der Waals surface area contributed by atoms with E-state index < -0.39 is 0 Å². The summed E-state index contributed by atoms with van der Waals surface area (Å²) in [5.74, 6) is 0.751. The molecule has 0 unspecified atom stereocenters. The van der Waals surface area contributed by atoms with Crippen LogP contribution in [0.15, 0.2) is 36.4 Å². The molecule has 0 spiro atoms. The molecule has 1 aromatic heterocycles. The lowest BCUT2D eigenvalue weighted by Crippen LogP contribution is -2.41. The van der Waals surface area contributed by atoms with E-state index in [2.05, 4.69) is 17.2 Å². The van der Waals surface area contributed by atoms with E-state index in [0.717, 1.165) is 49.9 Å². The zero-order chi connectivity index (χ0) is 15.4. The second-order valence-electron chi connectivity index (χ2n) is 5.93. The van der Waals surface area contributed by atoms with Crippen LogP contribution in [0.3, 0.4) is 0 Å². The zero-order valence-electron chi connectivity index (χ0n) is 13.1. The molecule has 0 bridgehead atoms. The van der Waals surface area contributed by atoms with Crippen LogP contribution in [0.5, 0.6) is 0 Å². The van der Waals surface area contributed by atoms with E-state index in [1.807, 2.05) is 41.3 Å². The van der Waals surface area contributed by atoms with Crippen LogP contribution >= 0.6 is 0 Å². The third kappa shape index (κ3) is 3.28. The van der Waals surface area contributed by atoms with Crippen LogP contribution in [0.4, 0.5) is 0 Å². The number of amides is 1. The molecule has 1 aliphatic heterocycles. The molecule has 1 aromatic carbocycles. The predicted octanol–water partition coefficient (Wildman–Crippen LogP) is 2.70. The van der Waals surface area contributed by atoms with Crippen LogP contribution in [-0.4, -0.2) is 42.0 Å². The highest BCUT2D eigenvalue weighted by atomic mass is 16.2. The first kappa shape index (κ1) is 15.0. The van der Waals surface area contributed by atoms with Gasteiger partial charge in [-0.15, -0.1) is 0 Å². The Morgan fingerprint density at radius 2 is 2.00 bits per heavy atom. The fourth-order valence-corrected chi connectivity index (χ4v) is 3.04. The van der Waals surface area contributed by atoms with Crippen LogP contribution < -0.4 is 5.32 Å². The molecule has 2 aromatic rings. The standard InChI is InChI=1S/C18H23N3O/c1-2-19-13-14-9-11-21(12-10-14)18(22)17-8-7-15-5-3-4-6-16(15)20-17/h3-8,14,19H,2,9-13H2,1H3. The van der Waals surface area contributed by atoms with Gasteiger partial charge in [-0.2, -0.15) is 0 Å². The van der Waals surface area contributed by atoms with Gasteiger partial charge in [0, 0.05) is 18.5 Å². The SMILES string of the molecule is CCNCC1CCN(C(=O)c2ccc3ccccc3n2)CC1. The first-order chi connectivity index (χ1) is 10.8. The van der Waals surface area contributed by atoms with Gasteiger partial charge in [0.1, 0.15) is 5.69 Å². The number of rotatable bonds is 4. The van der Waals surface area contributed by atoms with E-state index in [-0.39, 0.29) is 5.91 Å². The van der Waals surface area contributed by atoms with Gasteiger partial charge in [0.05, 0.1) is 5.52 Å². The van der Waals surface area contributed by atoms with Crippen molar-refractivity contribution in [2.24, 2.45) is 5.92 Å². The van der Waals surface area contributed by atoms with Gasteiger partial charge >= 0.3 is 0 Å². The van der Waals surface area contributed by atoms with Gasteiger partial charge in [-0.3, -0.25) is 4.79 Å². The van der Waals surface area contributed by atoms with E-state index in [4.69, 9.17) is 0 Å². The maximum absolute atomic E-state index is 12.6. The van der Waals surface area contributed by atoms with Gasteiger partial charge in [-0.25, -0.2) is 4.98 Å². The van der Waals surface area contributed by atoms with E-state index in [1.165, 1.54) is 0 Å². The van der Waals surface area contributed by atoms with Gasteiger partial charge in [-0.05, 0) is 44.0 Å². The summed E-state index contributed by atoms with van der Waals surface area (Å²) >= 11 is 0. The van der Waals surface area contributed by atoms with Crippen molar-refractivity contribution >= 4 is 16.8 Å². The van der Waals surface area contributed by atoms with E-state index in [9.17, 15) is 4.79 Å². The van der Waals surface area contributed by atoms with E-state index in [1.54, 1.807) is 0 Å². The Hall–Kier alpha value is -1.94. The molecule has 116 valence electrons. The molecule has 1 fully saturated rings. The van der Waals surface area contributed by atoms with Crippen LogP contribution in [0.2, 0.25) is 0 Å². The Morgan fingerprint density at radius 3 is 2.77 bits per heavy atom. The number of likely N-dealkylation sites (tertiary alicyclic amines) is 1. The van der Waals surface area contributed by atoms with Gasteiger partial charge in [-0.1, -0.05) is 31.2 Å². The number of piperidine rings is 1. The second-order valence-corrected chi connectivity index (χ2v) is 5.93. The lowest BCUT2D eigenvalue weighted by atomic mass is 9.96. The molecule has 0 aliphatic carbocycles. The molecule has 3 rings (SSSR count). The number of benzene rings is 1. The van der Waals surface area contributed by atoms with Crippen LogP contribution in [0, 0.1) is 5.92 Å². The van der Waals surface area contributed by atoms with Gasteiger partial charge in [0.25, 0.3) is 5.91 Å². The third-order valence-corrected chi connectivity index (χ3v) is 4.40. The van der Waals surface area contributed by atoms with Crippen molar-refractivity contribution in [2.45, 2.75) is 19.8 Å². The maximum Gasteiger partial charge on any atom is 0.272 e. The fraction of sp³-hybridized carbons (Fsp3) is 0.444. The lowest BCUT2D eigenvalue weighted by Gasteiger charge is -2.32. The van der Waals surface area contributed by atoms with Crippen LogP contribution in [0.1, 0.15) is 30.3 Å². The zero-order valence-corrected chi connectivity index (χ0v) is 13.1. The summed E-state index contributed by atoms with van der Waals surface area (Å²) < 4.78 is 0. The number of nitrogens with zero attached hydrogens (tertiary/aromatic N) is 2. The number of pyridine rings is 1. The minimum Gasteiger partial charge on any atom is -0.337 e. The van der Waals surface area contributed by atoms with E-state index >= 15 is 0 Å². The highest BCUT2D eigenvalue weighted by Gasteiger charge is 2.24. The Balaban J connectivity index is 1.66. The number of hydrogen-bond acceptors (Lipinski definition) is 3. The molecular formula is C18H23N3O. The van der Waals surface area contributed by atoms with E-state index in [0.29, 0.717) is 11.6 Å². The number of nitrogens with one attached hydrogen (secondary N) is 1. The summed E-state index contributed by atoms with van der Waals surface area (Å²) in [5.41, 5.74) is 1.44. The highest BCUT2D eigenvalue weighted by molar-refractivity contribution is 5.94. The maximum atomic E-state index is 12.6. The summed E-state index contributed by atoms with van der Waals surface area (Å²) in [6.45, 7) is 5.88. The molecule has 1 saturated heterocycles. The lowest BCUT2D eigenvalue weighted by molar-refractivity contribution is 0.0685. The molecule has 0 radical (unpaired) electrons. The number of aromatic nitrogens is 1. The summed E-state index contributed by atoms with van der Waals surface area (Å²) in [4.78, 5) is 19.1. The van der Waals surface area contributed by atoms with Gasteiger partial charge in [0.15, 0.2) is 0 Å². The second kappa shape index (κ2) is 6.88. The Labute approximate surface area is 131 Å². The van der Waals surface area contributed by atoms with Crippen molar-refractivity contribution < 1.29 is 4.79 Å². The number of fused-ring (bicyclic) bond motifs is 1. The molecule has 4 nitrogen and oxygen atoms in total. The minimum absolute atomic E-state index is 0.0626. The molecule has 1 amide bonds. The van der Waals surface area contributed by atoms with Crippen molar-refractivity contribution in [1.29, 1.82) is 0 Å². The number of hydrogen-bond donors (Lipinski definition) is 1. The number of carbonyl (C=O) groups is 1. The average Bonchev–Trinajstić information content (AvgIpc) is 2.59. The molecule has 22 heavy (non-hydrogen) atoms. The van der Waals surface area contributed by atoms with Crippen molar-refractivity contribution in [3.05, 3.63) is 42.1 Å². The van der Waals surface area contributed by atoms with Crippen LogP contribution in [0.25, 0.3) is 10.9 Å². The van der Waals surface area contributed by atoms with Crippen molar-refractivity contribution in [1.82, 2.24) is 15.2 Å². The normalized spacial score (nSPS) is 16.1. The quantitative estimate of drug-likeness (QED) is 0.943. The number of para-hydroxylation sites is 1. The monoisotopic (exact) mass is 297 g/mol. The first-order valence-corrected chi connectivity index (χ1v) is 8.13. The average molecular weight is 297 g/mol. The third-order valence-electron chi connectivity index (χ3n) is 4.40. The largest absolute Gasteiger partial charge is 0.337 e. The Bertz CT molecular complexity index is 648. The molecule has 2 heterocycles. The Morgan fingerprint density at radius 1 is 1.23 bits per heavy atom. The van der Waals surface area contributed by atoms with Crippen molar-refractivity contribution in [3.63, 3.8) is 0 Å². The van der Waals surface area contributed by atoms with Gasteiger partial charge < -0.3 is 10.2 Å². The Kier molecular flexibility index (Phi) is 4.68. The smallest absolute Gasteiger partial charge is 0.272 e. The minimum atomic E-state index is 0.0626. The predicted molar refractivity (Wildman–Crippen MR) is 88.9 cm³/mol. The number of carbonyl (C=O) groups excluding carboxylic acids is 1. The van der Waals surface area contributed by atoms with Crippen LogP contribution in [-0.2, 0) is 0 Å². The molecule has 4 heteroatoms. The van der Waals surface area contributed by atoms with Gasteiger partial charge in [0.2, 0.25) is 0 Å². The first-order valence-electron chi connectivity index (χ1n) is 8.13. The fourth-order valence-electron chi connectivity index (χ4n) is 3.04. The molecule has 0 saturated carbocycles. The summed E-state index contributed by atoms with van der Waals surface area (Å²) in [7, 11) is 0.